The van der Waals surface area contributed by atoms with E-state index in [4.69, 9.17) is 5.73 Å². The Morgan fingerprint density at radius 3 is 2.94 bits per heavy atom. The standard InChI is InChI=1S/C14H22N4/c1-10(15)7-16-8-14(2,3)11-4-5-12-13(6-11)18-9-17-12/h4-6,9-10,16H,7-8,15H2,1-3H3,(H,17,18). The highest BCUT2D eigenvalue weighted by Gasteiger charge is 2.20. The number of aromatic amines is 1. The molecule has 18 heavy (non-hydrogen) atoms. The summed E-state index contributed by atoms with van der Waals surface area (Å²) >= 11 is 0. The molecule has 1 atom stereocenters. The Bertz CT molecular complexity index is 513. The summed E-state index contributed by atoms with van der Waals surface area (Å²) in [6.07, 6.45) is 1.73. The van der Waals surface area contributed by atoms with Gasteiger partial charge in [-0.25, -0.2) is 4.98 Å². The molecule has 2 rings (SSSR count). The van der Waals surface area contributed by atoms with Gasteiger partial charge in [0.05, 0.1) is 17.4 Å². The topological polar surface area (TPSA) is 66.7 Å². The summed E-state index contributed by atoms with van der Waals surface area (Å²) in [6.45, 7) is 8.23. The minimum atomic E-state index is 0.0776. The van der Waals surface area contributed by atoms with Gasteiger partial charge in [0.2, 0.25) is 0 Å². The van der Waals surface area contributed by atoms with Crippen molar-refractivity contribution >= 4 is 11.0 Å². The molecule has 1 unspecified atom stereocenters. The average Bonchev–Trinajstić information content (AvgIpc) is 2.74. The zero-order valence-corrected chi connectivity index (χ0v) is 11.3. The number of H-pyrrole nitrogens is 1. The fourth-order valence-corrected chi connectivity index (χ4v) is 2.07. The van der Waals surface area contributed by atoms with E-state index in [2.05, 4.69) is 47.3 Å². The maximum Gasteiger partial charge on any atom is 0.0931 e. The highest BCUT2D eigenvalue weighted by Crippen LogP contribution is 2.24. The molecular formula is C14H22N4. The lowest BCUT2D eigenvalue weighted by atomic mass is 9.84. The molecule has 98 valence electrons. The van der Waals surface area contributed by atoms with Crippen LogP contribution in [0.25, 0.3) is 11.0 Å². The van der Waals surface area contributed by atoms with Crippen molar-refractivity contribution in [3.63, 3.8) is 0 Å². The van der Waals surface area contributed by atoms with Crippen molar-refractivity contribution in [1.29, 1.82) is 0 Å². The van der Waals surface area contributed by atoms with Gasteiger partial charge in [0.1, 0.15) is 0 Å². The third kappa shape index (κ3) is 2.89. The van der Waals surface area contributed by atoms with Crippen LogP contribution in [-0.2, 0) is 5.41 Å². The smallest absolute Gasteiger partial charge is 0.0931 e. The van der Waals surface area contributed by atoms with E-state index >= 15 is 0 Å². The van der Waals surface area contributed by atoms with Crippen molar-refractivity contribution in [3.05, 3.63) is 30.1 Å². The van der Waals surface area contributed by atoms with Crippen LogP contribution in [0.5, 0.6) is 0 Å². The summed E-state index contributed by atoms with van der Waals surface area (Å²) in [7, 11) is 0. The fourth-order valence-electron chi connectivity index (χ4n) is 2.07. The van der Waals surface area contributed by atoms with E-state index in [1.807, 2.05) is 6.92 Å². The Hall–Kier alpha value is -1.39. The summed E-state index contributed by atoms with van der Waals surface area (Å²) in [6, 6.07) is 6.58. The molecule has 0 bridgehead atoms. The summed E-state index contributed by atoms with van der Waals surface area (Å²) in [5.74, 6) is 0. The van der Waals surface area contributed by atoms with Gasteiger partial charge in [-0.1, -0.05) is 19.9 Å². The first kappa shape index (κ1) is 13.1. The van der Waals surface area contributed by atoms with Crippen LogP contribution < -0.4 is 11.1 Å². The van der Waals surface area contributed by atoms with Crippen LogP contribution in [0.1, 0.15) is 26.3 Å². The molecule has 1 heterocycles. The summed E-state index contributed by atoms with van der Waals surface area (Å²) in [5, 5.41) is 3.41. The van der Waals surface area contributed by atoms with Crippen LogP contribution in [0.3, 0.4) is 0 Å². The molecule has 4 N–H and O–H groups in total. The Balaban J connectivity index is 2.12. The van der Waals surface area contributed by atoms with Gasteiger partial charge < -0.3 is 16.0 Å². The molecule has 0 amide bonds. The van der Waals surface area contributed by atoms with Crippen molar-refractivity contribution in [3.8, 4) is 0 Å². The second-order valence-corrected chi connectivity index (χ2v) is 5.63. The molecule has 1 aromatic carbocycles. The molecule has 0 aliphatic carbocycles. The zero-order chi connectivity index (χ0) is 13.2. The Morgan fingerprint density at radius 2 is 2.22 bits per heavy atom. The quantitative estimate of drug-likeness (QED) is 0.753. The van der Waals surface area contributed by atoms with E-state index in [1.54, 1.807) is 6.33 Å². The maximum atomic E-state index is 5.75. The fraction of sp³-hybridized carbons (Fsp3) is 0.500. The van der Waals surface area contributed by atoms with Gasteiger partial charge in [-0.2, -0.15) is 0 Å². The lowest BCUT2D eigenvalue weighted by Crippen LogP contribution is -2.38. The number of fused-ring (bicyclic) bond motifs is 1. The number of rotatable bonds is 5. The molecule has 4 nitrogen and oxygen atoms in total. The van der Waals surface area contributed by atoms with E-state index in [0.717, 1.165) is 24.1 Å². The van der Waals surface area contributed by atoms with Gasteiger partial charge in [-0.3, -0.25) is 0 Å². The van der Waals surface area contributed by atoms with E-state index in [9.17, 15) is 0 Å². The van der Waals surface area contributed by atoms with Crippen molar-refractivity contribution in [1.82, 2.24) is 15.3 Å². The largest absolute Gasteiger partial charge is 0.345 e. The third-order valence-electron chi connectivity index (χ3n) is 3.23. The minimum absolute atomic E-state index is 0.0776. The van der Waals surface area contributed by atoms with Crippen LogP contribution in [0, 0.1) is 0 Å². The molecule has 1 aromatic heterocycles. The Labute approximate surface area is 108 Å². The molecule has 0 aliphatic heterocycles. The number of hydrogen-bond acceptors (Lipinski definition) is 3. The normalized spacial score (nSPS) is 14.0. The first-order chi connectivity index (χ1) is 8.49. The zero-order valence-electron chi connectivity index (χ0n) is 11.3. The van der Waals surface area contributed by atoms with E-state index in [0.29, 0.717) is 0 Å². The predicted octanol–water partition coefficient (Wildman–Crippen LogP) is 1.78. The van der Waals surface area contributed by atoms with E-state index < -0.39 is 0 Å². The van der Waals surface area contributed by atoms with Crippen LogP contribution in [-0.4, -0.2) is 29.1 Å². The number of nitrogens with one attached hydrogen (secondary N) is 2. The average molecular weight is 246 g/mol. The molecule has 0 fully saturated rings. The molecule has 0 spiro atoms. The SMILES string of the molecule is CC(N)CNCC(C)(C)c1ccc2nc[nH]c2c1. The molecule has 0 saturated heterocycles. The maximum absolute atomic E-state index is 5.75. The highest BCUT2D eigenvalue weighted by molar-refractivity contribution is 5.75. The highest BCUT2D eigenvalue weighted by atomic mass is 14.9. The first-order valence-corrected chi connectivity index (χ1v) is 6.39. The molecule has 0 aliphatic rings. The monoisotopic (exact) mass is 246 g/mol. The van der Waals surface area contributed by atoms with E-state index in [-0.39, 0.29) is 11.5 Å². The van der Waals surface area contributed by atoms with E-state index in [1.165, 1.54) is 5.56 Å². The van der Waals surface area contributed by atoms with Crippen LogP contribution in [0.2, 0.25) is 0 Å². The second kappa shape index (κ2) is 5.08. The molecule has 2 aromatic rings. The minimum Gasteiger partial charge on any atom is -0.345 e. The number of imidazole rings is 1. The van der Waals surface area contributed by atoms with Gasteiger partial charge in [-0.05, 0) is 24.6 Å². The van der Waals surface area contributed by atoms with Gasteiger partial charge in [-0.15, -0.1) is 0 Å². The second-order valence-electron chi connectivity index (χ2n) is 5.63. The molecule has 4 heteroatoms. The van der Waals surface area contributed by atoms with Gasteiger partial charge >= 0.3 is 0 Å². The Morgan fingerprint density at radius 1 is 1.44 bits per heavy atom. The number of hydrogen-bond donors (Lipinski definition) is 3. The van der Waals surface area contributed by atoms with Crippen LogP contribution >= 0.6 is 0 Å². The molecule has 0 radical (unpaired) electrons. The predicted molar refractivity (Wildman–Crippen MR) is 75.6 cm³/mol. The summed E-state index contributed by atoms with van der Waals surface area (Å²) in [4.78, 5) is 7.39. The van der Waals surface area contributed by atoms with Crippen LogP contribution in [0.15, 0.2) is 24.5 Å². The van der Waals surface area contributed by atoms with Gasteiger partial charge in [0.25, 0.3) is 0 Å². The lowest BCUT2D eigenvalue weighted by Gasteiger charge is -2.26. The van der Waals surface area contributed by atoms with Gasteiger partial charge in [0.15, 0.2) is 0 Å². The number of nitrogens with two attached hydrogens (primary N) is 1. The Kier molecular flexibility index (Phi) is 3.68. The lowest BCUT2D eigenvalue weighted by molar-refractivity contribution is 0.459. The molecular weight excluding hydrogens is 224 g/mol. The van der Waals surface area contributed by atoms with Gasteiger partial charge in [0, 0.05) is 24.5 Å². The third-order valence-corrected chi connectivity index (χ3v) is 3.23. The van der Waals surface area contributed by atoms with Crippen molar-refractivity contribution < 1.29 is 0 Å². The summed E-state index contributed by atoms with van der Waals surface area (Å²) < 4.78 is 0. The summed E-state index contributed by atoms with van der Waals surface area (Å²) in [5.41, 5.74) is 9.23. The number of benzene rings is 1. The van der Waals surface area contributed by atoms with Crippen molar-refractivity contribution in [2.75, 3.05) is 13.1 Å². The van der Waals surface area contributed by atoms with Crippen molar-refractivity contribution in [2.45, 2.75) is 32.2 Å². The number of aromatic nitrogens is 2. The van der Waals surface area contributed by atoms with Crippen molar-refractivity contribution in [2.24, 2.45) is 5.73 Å². The molecule has 0 saturated carbocycles. The number of nitrogens with zero attached hydrogens (tertiary/aromatic N) is 1. The van der Waals surface area contributed by atoms with Crippen LogP contribution in [0.4, 0.5) is 0 Å². The first-order valence-electron chi connectivity index (χ1n) is 6.39.